The Morgan fingerprint density at radius 1 is 1.45 bits per heavy atom. The summed E-state index contributed by atoms with van der Waals surface area (Å²) < 4.78 is 41.2. The molecule has 2 aromatic rings. The van der Waals surface area contributed by atoms with Crippen LogP contribution in [-0.4, -0.2) is 28.3 Å². The fourth-order valence-electron chi connectivity index (χ4n) is 1.55. The number of benzene rings is 1. The largest absolute Gasteiger partial charge is 0.392 e. The Bertz CT molecular complexity index is 714. The highest BCUT2D eigenvalue weighted by molar-refractivity contribution is 7.89. The molecule has 0 atom stereocenters. The summed E-state index contributed by atoms with van der Waals surface area (Å²) in [7, 11) is -2.13. The van der Waals surface area contributed by atoms with E-state index in [-0.39, 0.29) is 17.0 Å². The second-order valence-corrected chi connectivity index (χ2v) is 5.86. The predicted molar refractivity (Wildman–Crippen MR) is 67.4 cm³/mol. The zero-order chi connectivity index (χ0) is 14.8. The molecule has 0 aliphatic heterocycles. The lowest BCUT2D eigenvalue weighted by Gasteiger charge is -2.08. The van der Waals surface area contributed by atoms with Crippen molar-refractivity contribution in [2.24, 2.45) is 7.05 Å². The smallest absolute Gasteiger partial charge is 0.240 e. The maximum absolute atomic E-state index is 13.2. The molecule has 2 N–H and O–H groups in total. The number of hydrogen-bond acceptors (Lipinski definition) is 5. The lowest BCUT2D eigenvalue weighted by atomic mass is 10.2. The van der Waals surface area contributed by atoms with Crippen LogP contribution in [0.1, 0.15) is 11.4 Å². The van der Waals surface area contributed by atoms with E-state index in [1.54, 1.807) is 11.6 Å². The number of sulfonamides is 1. The van der Waals surface area contributed by atoms with Crippen molar-refractivity contribution < 1.29 is 17.9 Å². The highest BCUT2D eigenvalue weighted by atomic mass is 32.2. The average molecular weight is 300 g/mol. The van der Waals surface area contributed by atoms with E-state index in [0.717, 1.165) is 18.2 Å². The van der Waals surface area contributed by atoms with E-state index in [4.69, 9.17) is 5.11 Å². The lowest BCUT2D eigenvalue weighted by molar-refractivity contribution is 0.275. The number of aliphatic hydroxyl groups excluding tert-OH is 1. The quantitative estimate of drug-likeness (QED) is 0.805. The molecule has 9 heteroatoms. The van der Waals surface area contributed by atoms with Gasteiger partial charge in [0.05, 0.1) is 18.0 Å². The van der Waals surface area contributed by atoms with Crippen LogP contribution in [0.5, 0.6) is 0 Å². The minimum Gasteiger partial charge on any atom is -0.392 e. The molecule has 0 saturated heterocycles. The molecule has 2 rings (SSSR count). The summed E-state index contributed by atoms with van der Waals surface area (Å²) in [6.45, 7) is -0.608. The lowest BCUT2D eigenvalue weighted by Crippen LogP contribution is -2.25. The number of rotatable bonds is 5. The summed E-state index contributed by atoms with van der Waals surface area (Å²) in [6.07, 6.45) is 1.45. The molecule has 1 aromatic carbocycles. The normalized spacial score (nSPS) is 11.8. The topological polar surface area (TPSA) is 97.1 Å². The van der Waals surface area contributed by atoms with Crippen LogP contribution < -0.4 is 4.72 Å². The van der Waals surface area contributed by atoms with Gasteiger partial charge in [0.15, 0.2) is 0 Å². The molecule has 0 unspecified atom stereocenters. The van der Waals surface area contributed by atoms with E-state index in [1.807, 2.05) is 0 Å². The number of aryl methyl sites for hydroxylation is 1. The molecule has 0 bridgehead atoms. The molecule has 0 saturated carbocycles. The standard InChI is InChI=1S/C11H13FN4O3S/c1-16-7-13-15-11(16)5-14-20(18,19)9-2-3-10(12)8(4-9)6-17/h2-4,7,14,17H,5-6H2,1H3. The summed E-state index contributed by atoms with van der Waals surface area (Å²) in [6, 6.07) is 3.23. The molecule has 0 radical (unpaired) electrons. The second kappa shape index (κ2) is 5.65. The second-order valence-electron chi connectivity index (χ2n) is 4.09. The molecular formula is C11H13FN4O3S. The van der Waals surface area contributed by atoms with E-state index >= 15 is 0 Å². The number of aliphatic hydroxyl groups is 1. The molecule has 108 valence electrons. The van der Waals surface area contributed by atoms with Gasteiger partial charge in [-0.1, -0.05) is 0 Å². The van der Waals surface area contributed by atoms with Gasteiger partial charge in [0.2, 0.25) is 10.0 Å². The molecule has 1 aromatic heterocycles. The number of nitrogens with one attached hydrogen (secondary N) is 1. The van der Waals surface area contributed by atoms with Crippen molar-refractivity contribution in [2.45, 2.75) is 18.0 Å². The van der Waals surface area contributed by atoms with Gasteiger partial charge in [-0.2, -0.15) is 0 Å². The van der Waals surface area contributed by atoms with Crippen LogP contribution in [0.15, 0.2) is 29.4 Å². The van der Waals surface area contributed by atoms with Gasteiger partial charge in [-0.3, -0.25) is 0 Å². The fraction of sp³-hybridized carbons (Fsp3) is 0.273. The van der Waals surface area contributed by atoms with Gasteiger partial charge in [0, 0.05) is 12.6 Å². The first-order chi connectivity index (χ1) is 9.44. The van der Waals surface area contributed by atoms with Gasteiger partial charge >= 0.3 is 0 Å². The van der Waals surface area contributed by atoms with Crippen molar-refractivity contribution in [1.82, 2.24) is 19.5 Å². The summed E-state index contributed by atoms with van der Waals surface area (Å²) in [5, 5.41) is 16.3. The Balaban J connectivity index is 2.20. The first-order valence-electron chi connectivity index (χ1n) is 5.66. The summed E-state index contributed by atoms with van der Waals surface area (Å²) in [4.78, 5) is -0.120. The Morgan fingerprint density at radius 2 is 2.20 bits per heavy atom. The summed E-state index contributed by atoms with van der Waals surface area (Å²) in [5.41, 5.74) is -0.0773. The number of hydrogen-bond donors (Lipinski definition) is 2. The van der Waals surface area contributed by atoms with Crippen LogP contribution in [-0.2, 0) is 30.2 Å². The monoisotopic (exact) mass is 300 g/mol. The van der Waals surface area contributed by atoms with E-state index in [1.165, 1.54) is 6.33 Å². The van der Waals surface area contributed by atoms with Gasteiger partial charge < -0.3 is 9.67 Å². The Kier molecular flexibility index (Phi) is 4.12. The van der Waals surface area contributed by atoms with Crippen molar-refractivity contribution in [3.8, 4) is 0 Å². The first kappa shape index (κ1) is 14.6. The third-order valence-electron chi connectivity index (χ3n) is 2.72. The SMILES string of the molecule is Cn1cnnc1CNS(=O)(=O)c1ccc(F)c(CO)c1. The Morgan fingerprint density at radius 3 is 2.80 bits per heavy atom. The van der Waals surface area contributed by atoms with Crippen LogP contribution in [0.3, 0.4) is 0 Å². The first-order valence-corrected chi connectivity index (χ1v) is 7.14. The highest BCUT2D eigenvalue weighted by Gasteiger charge is 2.16. The number of aromatic nitrogens is 3. The van der Waals surface area contributed by atoms with Crippen LogP contribution in [0.4, 0.5) is 4.39 Å². The maximum atomic E-state index is 13.2. The van der Waals surface area contributed by atoms with Gasteiger partial charge in [0.1, 0.15) is 18.0 Å². The van der Waals surface area contributed by atoms with E-state index in [2.05, 4.69) is 14.9 Å². The fourth-order valence-corrected chi connectivity index (χ4v) is 2.58. The molecule has 0 aliphatic carbocycles. The molecule has 20 heavy (non-hydrogen) atoms. The molecule has 1 heterocycles. The molecule has 7 nitrogen and oxygen atoms in total. The van der Waals surface area contributed by atoms with Crippen molar-refractivity contribution in [3.63, 3.8) is 0 Å². The van der Waals surface area contributed by atoms with E-state index in [0.29, 0.717) is 5.82 Å². The van der Waals surface area contributed by atoms with Crippen LogP contribution in [0.25, 0.3) is 0 Å². The highest BCUT2D eigenvalue weighted by Crippen LogP contribution is 2.15. The van der Waals surface area contributed by atoms with Crippen molar-refractivity contribution in [1.29, 1.82) is 0 Å². The van der Waals surface area contributed by atoms with Gasteiger partial charge in [0.25, 0.3) is 0 Å². The van der Waals surface area contributed by atoms with E-state index in [9.17, 15) is 12.8 Å². The van der Waals surface area contributed by atoms with Gasteiger partial charge in [-0.25, -0.2) is 17.5 Å². The van der Waals surface area contributed by atoms with Gasteiger partial charge in [-0.05, 0) is 18.2 Å². The van der Waals surface area contributed by atoms with Crippen molar-refractivity contribution >= 4 is 10.0 Å². The summed E-state index contributed by atoms with van der Waals surface area (Å²) >= 11 is 0. The minimum atomic E-state index is -3.81. The minimum absolute atomic E-state index is 0.0370. The molecule has 0 aliphatic rings. The average Bonchev–Trinajstić information content (AvgIpc) is 2.82. The van der Waals surface area contributed by atoms with E-state index < -0.39 is 22.4 Å². The van der Waals surface area contributed by atoms with Crippen molar-refractivity contribution in [2.75, 3.05) is 0 Å². The molecule has 0 spiro atoms. The molecule has 0 fully saturated rings. The van der Waals surface area contributed by atoms with Crippen molar-refractivity contribution in [3.05, 3.63) is 41.7 Å². The Labute approximate surface area is 115 Å². The molecular weight excluding hydrogens is 287 g/mol. The van der Waals surface area contributed by atoms with Crippen LogP contribution >= 0.6 is 0 Å². The zero-order valence-electron chi connectivity index (χ0n) is 10.6. The zero-order valence-corrected chi connectivity index (χ0v) is 11.4. The van der Waals surface area contributed by atoms with Crippen LogP contribution in [0, 0.1) is 5.82 Å². The third kappa shape index (κ3) is 3.00. The number of halogens is 1. The molecule has 0 amide bonds. The Hall–Kier alpha value is -1.84. The maximum Gasteiger partial charge on any atom is 0.240 e. The number of nitrogens with zero attached hydrogens (tertiary/aromatic N) is 3. The van der Waals surface area contributed by atoms with Gasteiger partial charge in [-0.15, -0.1) is 10.2 Å². The predicted octanol–water partition coefficient (Wildman–Crippen LogP) is -0.0750. The van der Waals surface area contributed by atoms with Crippen LogP contribution in [0.2, 0.25) is 0 Å². The summed E-state index contributed by atoms with van der Waals surface area (Å²) in [5.74, 6) is -0.210. The third-order valence-corrected chi connectivity index (χ3v) is 4.12.